The lowest BCUT2D eigenvalue weighted by molar-refractivity contribution is -0.155. The molecular weight excluding hydrogens is 488 g/mol. The number of carbonyl (C=O) groups excluding carboxylic acids is 4. The molecule has 3 heterocycles. The van der Waals surface area contributed by atoms with Crippen LogP contribution in [0.4, 0.5) is 0 Å². The van der Waals surface area contributed by atoms with Crippen LogP contribution in [0.5, 0.6) is 0 Å². The Balaban J connectivity index is 1.77. The molecule has 37 heavy (non-hydrogen) atoms. The molecule has 0 aromatic heterocycles. The van der Waals surface area contributed by atoms with Crippen LogP contribution in [-0.4, -0.2) is 75.0 Å². The third-order valence-corrected chi connectivity index (χ3v) is 7.50. The van der Waals surface area contributed by atoms with E-state index in [-0.39, 0.29) is 42.4 Å². The predicted molar refractivity (Wildman–Crippen MR) is 124 cm³/mol. The van der Waals surface area contributed by atoms with E-state index in [1.807, 2.05) is 6.92 Å². The van der Waals surface area contributed by atoms with Crippen molar-refractivity contribution in [3.63, 3.8) is 0 Å². The summed E-state index contributed by atoms with van der Waals surface area (Å²) in [5, 5.41) is 44.2. The van der Waals surface area contributed by atoms with Gasteiger partial charge >= 0.3 is 23.9 Å². The van der Waals surface area contributed by atoms with Gasteiger partial charge in [-0.2, -0.15) is 0 Å². The summed E-state index contributed by atoms with van der Waals surface area (Å²) in [4.78, 5) is 49.9. The molecule has 202 valence electrons. The number of carbonyl (C=O) groups is 4. The Labute approximate surface area is 213 Å². The predicted octanol–water partition coefficient (Wildman–Crippen LogP) is 0.489. The van der Waals surface area contributed by atoms with Gasteiger partial charge in [-0.15, -0.1) is 0 Å². The number of aliphatic hydroxyl groups is 4. The van der Waals surface area contributed by atoms with E-state index in [4.69, 9.17) is 14.2 Å². The smallest absolute Gasteiger partial charge is 0.345 e. The minimum atomic E-state index is -1.80. The van der Waals surface area contributed by atoms with Crippen molar-refractivity contribution in [2.45, 2.75) is 89.0 Å². The van der Waals surface area contributed by atoms with E-state index >= 15 is 0 Å². The molecule has 0 bridgehead atoms. The van der Waals surface area contributed by atoms with Gasteiger partial charge in [0.15, 0.2) is 0 Å². The lowest BCUT2D eigenvalue weighted by Crippen LogP contribution is -2.39. The first-order valence-corrected chi connectivity index (χ1v) is 12.7. The number of ether oxygens (including phenoxy) is 3. The van der Waals surface area contributed by atoms with Crippen molar-refractivity contribution in [1.82, 2.24) is 0 Å². The summed E-state index contributed by atoms with van der Waals surface area (Å²) in [6.45, 7) is 2.03. The Bertz CT molecular complexity index is 1050. The molecule has 0 aromatic carbocycles. The molecular formula is C26H32O11. The Morgan fingerprint density at radius 1 is 0.946 bits per heavy atom. The van der Waals surface area contributed by atoms with Crippen molar-refractivity contribution >= 4 is 23.9 Å². The minimum absolute atomic E-state index is 0.0328. The highest BCUT2D eigenvalue weighted by Gasteiger charge is 2.51. The van der Waals surface area contributed by atoms with Crippen LogP contribution in [0.25, 0.3) is 0 Å². The summed E-state index contributed by atoms with van der Waals surface area (Å²) in [5.41, 5.74) is -0.748. The highest BCUT2D eigenvalue weighted by molar-refractivity contribution is 6.13. The van der Waals surface area contributed by atoms with Crippen molar-refractivity contribution < 1.29 is 53.8 Å². The normalized spacial score (nSPS) is 31.6. The Morgan fingerprint density at radius 2 is 1.70 bits per heavy atom. The van der Waals surface area contributed by atoms with Crippen LogP contribution >= 0.6 is 0 Å². The SMILES string of the molecule is CCCCCC[C@H](O)[C@H]1C2=C(C[C@H]([C@@H](O)[C@H]3CC=CC(=O)O3)CC3=C(C(=O)OC3=O)[C@H]1O)[C@@H](O)OC2=O. The van der Waals surface area contributed by atoms with Gasteiger partial charge in [0, 0.05) is 24.0 Å². The maximum atomic E-state index is 12.9. The standard InChI is InChI=1S/C26H32O11/c1-2-3-4-5-7-15(27)20-18-13(23(31)36-25(18)33)10-12(21(29)16-8-6-9-17(28)35-16)11-14-19(22(20)30)26(34)37-24(14)32/h6,9,12,15-16,20-23,27,29-31H,2-5,7-8,10-11H2,1H3/t12-,15-,16+,20-,21+,22+,23-/m0/s1. The highest BCUT2D eigenvalue weighted by Crippen LogP contribution is 2.44. The summed E-state index contributed by atoms with van der Waals surface area (Å²) in [5.74, 6) is -6.05. The van der Waals surface area contributed by atoms with Crippen molar-refractivity contribution in [2.75, 3.05) is 0 Å². The fourth-order valence-corrected chi connectivity index (χ4v) is 5.59. The molecule has 0 radical (unpaired) electrons. The maximum absolute atomic E-state index is 12.9. The molecule has 7 atom stereocenters. The second kappa shape index (κ2) is 11.3. The fraction of sp³-hybridized carbons (Fsp3) is 0.615. The van der Waals surface area contributed by atoms with Crippen molar-refractivity contribution in [2.24, 2.45) is 11.8 Å². The molecule has 3 aliphatic heterocycles. The molecule has 4 rings (SSSR count). The quantitative estimate of drug-likeness (QED) is 0.152. The number of aliphatic hydroxyl groups excluding tert-OH is 4. The summed E-state index contributed by atoms with van der Waals surface area (Å²) in [7, 11) is 0. The number of unbranched alkanes of at least 4 members (excludes halogenated alkanes) is 3. The van der Waals surface area contributed by atoms with Crippen molar-refractivity contribution in [1.29, 1.82) is 0 Å². The van der Waals surface area contributed by atoms with Crippen LogP contribution in [0.15, 0.2) is 34.4 Å². The Kier molecular flexibility index (Phi) is 8.27. The summed E-state index contributed by atoms with van der Waals surface area (Å²) < 4.78 is 15.0. The first-order chi connectivity index (χ1) is 17.6. The molecule has 4 N–H and O–H groups in total. The molecule has 4 aliphatic rings. The fourth-order valence-electron chi connectivity index (χ4n) is 5.59. The van der Waals surface area contributed by atoms with E-state index < -0.39 is 72.0 Å². The van der Waals surface area contributed by atoms with Crippen LogP contribution in [-0.2, 0) is 33.4 Å². The van der Waals surface area contributed by atoms with E-state index in [0.29, 0.717) is 6.42 Å². The molecule has 11 nitrogen and oxygen atoms in total. The average Bonchev–Trinajstić information content (AvgIpc) is 3.30. The Morgan fingerprint density at radius 3 is 2.41 bits per heavy atom. The van der Waals surface area contributed by atoms with Gasteiger partial charge in [0.05, 0.1) is 35.0 Å². The van der Waals surface area contributed by atoms with E-state index in [1.165, 1.54) is 12.2 Å². The molecule has 0 saturated heterocycles. The zero-order chi connectivity index (χ0) is 26.9. The van der Waals surface area contributed by atoms with Gasteiger partial charge < -0.3 is 34.6 Å². The molecule has 0 spiro atoms. The van der Waals surface area contributed by atoms with Gasteiger partial charge in [0.2, 0.25) is 6.29 Å². The number of hydrogen-bond acceptors (Lipinski definition) is 11. The number of rotatable bonds is 8. The molecule has 0 fully saturated rings. The zero-order valence-corrected chi connectivity index (χ0v) is 20.5. The minimum Gasteiger partial charge on any atom is -0.456 e. The lowest BCUT2D eigenvalue weighted by Gasteiger charge is -2.31. The first-order valence-electron chi connectivity index (χ1n) is 12.7. The second-order valence-corrected chi connectivity index (χ2v) is 9.93. The van der Waals surface area contributed by atoms with Gasteiger partial charge in [-0.05, 0) is 25.2 Å². The number of cyclic esters (lactones) is 4. The van der Waals surface area contributed by atoms with Crippen LogP contribution in [0.3, 0.4) is 0 Å². The summed E-state index contributed by atoms with van der Waals surface area (Å²) in [6.07, 6.45) is -1.25. The van der Waals surface area contributed by atoms with E-state index in [0.717, 1.165) is 19.3 Å². The highest BCUT2D eigenvalue weighted by atomic mass is 16.6. The van der Waals surface area contributed by atoms with Gasteiger partial charge in [-0.25, -0.2) is 19.2 Å². The number of hydrogen-bond donors (Lipinski definition) is 4. The lowest BCUT2D eigenvalue weighted by atomic mass is 9.80. The van der Waals surface area contributed by atoms with E-state index in [9.17, 15) is 39.6 Å². The molecule has 1 aliphatic carbocycles. The molecule has 0 amide bonds. The first kappa shape index (κ1) is 27.2. The van der Waals surface area contributed by atoms with Crippen LogP contribution in [0, 0.1) is 11.8 Å². The summed E-state index contributed by atoms with van der Waals surface area (Å²) >= 11 is 0. The summed E-state index contributed by atoms with van der Waals surface area (Å²) in [6, 6.07) is 0. The van der Waals surface area contributed by atoms with E-state index in [2.05, 4.69) is 0 Å². The monoisotopic (exact) mass is 520 g/mol. The molecule has 0 aromatic rings. The van der Waals surface area contributed by atoms with E-state index in [1.54, 1.807) is 0 Å². The van der Waals surface area contributed by atoms with Crippen LogP contribution < -0.4 is 0 Å². The van der Waals surface area contributed by atoms with Crippen molar-refractivity contribution in [3.05, 3.63) is 34.4 Å². The molecule has 11 heteroatoms. The van der Waals surface area contributed by atoms with Gasteiger partial charge in [0.1, 0.15) is 6.10 Å². The van der Waals surface area contributed by atoms with Gasteiger partial charge in [-0.3, -0.25) is 0 Å². The van der Waals surface area contributed by atoms with Crippen LogP contribution in [0.1, 0.15) is 58.3 Å². The van der Waals surface area contributed by atoms with Crippen molar-refractivity contribution in [3.8, 4) is 0 Å². The Hall–Kier alpha value is -2.86. The maximum Gasteiger partial charge on any atom is 0.345 e. The largest absolute Gasteiger partial charge is 0.456 e. The zero-order valence-electron chi connectivity index (χ0n) is 20.5. The molecule has 0 unspecified atom stereocenters. The number of esters is 4. The second-order valence-electron chi connectivity index (χ2n) is 9.93. The van der Waals surface area contributed by atoms with Gasteiger partial charge in [0.25, 0.3) is 0 Å². The third-order valence-electron chi connectivity index (χ3n) is 7.50. The third kappa shape index (κ3) is 5.40. The average molecular weight is 521 g/mol. The van der Waals surface area contributed by atoms with Crippen LogP contribution in [0.2, 0.25) is 0 Å². The topological polar surface area (TPSA) is 177 Å². The van der Waals surface area contributed by atoms with Gasteiger partial charge in [-0.1, -0.05) is 38.7 Å². The molecule has 0 saturated carbocycles.